The summed E-state index contributed by atoms with van der Waals surface area (Å²) in [6, 6.07) is 7.75. The van der Waals surface area contributed by atoms with Crippen molar-refractivity contribution in [3.8, 4) is 0 Å². The van der Waals surface area contributed by atoms with Crippen molar-refractivity contribution in [2.24, 2.45) is 0 Å². The Morgan fingerprint density at radius 3 is 2.88 bits per heavy atom. The fourth-order valence-electron chi connectivity index (χ4n) is 3.50. The molecule has 2 fully saturated rings. The number of ether oxygens (including phenoxy) is 1. The number of carbonyl (C=O) groups excluding carboxylic acids is 2. The van der Waals surface area contributed by atoms with Crippen molar-refractivity contribution < 1.29 is 14.3 Å². The van der Waals surface area contributed by atoms with Crippen LogP contribution >= 0.6 is 11.6 Å². The smallest absolute Gasteiger partial charge is 0.222 e. The van der Waals surface area contributed by atoms with Crippen LogP contribution in [0.3, 0.4) is 0 Å². The Balaban J connectivity index is 1.45. The van der Waals surface area contributed by atoms with Gasteiger partial charge in [-0.15, -0.1) is 0 Å². The van der Waals surface area contributed by atoms with E-state index in [0.717, 1.165) is 30.0 Å². The summed E-state index contributed by atoms with van der Waals surface area (Å²) in [5.74, 6) is 0.373. The first-order chi connectivity index (χ1) is 12.1. The van der Waals surface area contributed by atoms with E-state index in [1.807, 2.05) is 34.1 Å². The molecule has 0 unspecified atom stereocenters. The van der Waals surface area contributed by atoms with Crippen LogP contribution in [0.1, 0.15) is 31.2 Å². The molecule has 0 bridgehead atoms. The number of rotatable bonds is 6. The molecule has 2 amide bonds. The zero-order valence-electron chi connectivity index (χ0n) is 14.5. The number of hydrogen-bond donors (Lipinski definition) is 0. The molecule has 1 aromatic rings. The summed E-state index contributed by atoms with van der Waals surface area (Å²) in [6.45, 7) is 3.33. The average Bonchev–Trinajstić information content (AvgIpc) is 3.02. The number of morpholine rings is 1. The molecule has 6 heteroatoms. The van der Waals surface area contributed by atoms with Gasteiger partial charge in [0.05, 0.1) is 12.7 Å². The first-order valence-corrected chi connectivity index (χ1v) is 9.42. The van der Waals surface area contributed by atoms with E-state index < -0.39 is 0 Å². The predicted octanol–water partition coefficient (Wildman–Crippen LogP) is 2.51. The Morgan fingerprint density at radius 1 is 1.28 bits per heavy atom. The highest BCUT2D eigenvalue weighted by molar-refractivity contribution is 6.31. The molecule has 3 rings (SSSR count). The summed E-state index contributed by atoms with van der Waals surface area (Å²) in [5.41, 5.74) is 1.05. The van der Waals surface area contributed by atoms with Crippen molar-refractivity contribution in [3.63, 3.8) is 0 Å². The van der Waals surface area contributed by atoms with Crippen LogP contribution in [-0.2, 0) is 20.7 Å². The molecule has 0 aromatic heterocycles. The minimum absolute atomic E-state index is 0.0160. The maximum Gasteiger partial charge on any atom is 0.222 e. The van der Waals surface area contributed by atoms with Crippen LogP contribution in [0.25, 0.3) is 0 Å². The van der Waals surface area contributed by atoms with Gasteiger partial charge in [-0.05, 0) is 24.5 Å². The lowest BCUT2D eigenvalue weighted by Crippen LogP contribution is -2.46. The minimum Gasteiger partial charge on any atom is -0.374 e. The molecule has 25 heavy (non-hydrogen) atoms. The Kier molecular flexibility index (Phi) is 6.32. The van der Waals surface area contributed by atoms with Crippen molar-refractivity contribution in [2.45, 2.75) is 38.2 Å². The second kappa shape index (κ2) is 8.68. The van der Waals surface area contributed by atoms with Gasteiger partial charge in [0.2, 0.25) is 11.8 Å². The maximum atomic E-state index is 12.5. The topological polar surface area (TPSA) is 49.9 Å². The minimum atomic E-state index is -0.0160. The summed E-state index contributed by atoms with van der Waals surface area (Å²) in [4.78, 5) is 27.8. The van der Waals surface area contributed by atoms with Gasteiger partial charge in [0.1, 0.15) is 0 Å². The van der Waals surface area contributed by atoms with Crippen LogP contribution in [-0.4, -0.2) is 60.5 Å². The Hall–Kier alpha value is -1.59. The van der Waals surface area contributed by atoms with Gasteiger partial charge < -0.3 is 14.5 Å². The summed E-state index contributed by atoms with van der Waals surface area (Å²) in [5, 5.41) is 0.741. The van der Waals surface area contributed by atoms with Crippen molar-refractivity contribution in [2.75, 3.05) is 32.8 Å². The standard InChI is InChI=1S/C19H25ClN2O3/c20-17-6-2-1-5-15(17)13-16-14-22(11-12-25-16)19(24)8-4-10-21-9-3-7-18(21)23/h1-2,5-6,16H,3-4,7-14H2/t16-/m1/s1. The highest BCUT2D eigenvalue weighted by Gasteiger charge is 2.25. The third-order valence-electron chi connectivity index (χ3n) is 4.89. The summed E-state index contributed by atoms with van der Waals surface area (Å²) in [6.07, 6.45) is 3.52. The van der Waals surface area contributed by atoms with Crippen LogP contribution in [0.5, 0.6) is 0 Å². The second-order valence-electron chi connectivity index (χ2n) is 6.72. The fourth-order valence-corrected chi connectivity index (χ4v) is 3.71. The van der Waals surface area contributed by atoms with E-state index >= 15 is 0 Å². The Labute approximate surface area is 153 Å². The monoisotopic (exact) mass is 364 g/mol. The maximum absolute atomic E-state index is 12.5. The van der Waals surface area contributed by atoms with E-state index in [1.165, 1.54) is 0 Å². The third-order valence-corrected chi connectivity index (χ3v) is 5.26. The average molecular weight is 365 g/mol. The number of halogens is 1. The van der Waals surface area contributed by atoms with Gasteiger partial charge in [-0.25, -0.2) is 0 Å². The lowest BCUT2D eigenvalue weighted by atomic mass is 10.1. The highest BCUT2D eigenvalue weighted by Crippen LogP contribution is 2.20. The summed E-state index contributed by atoms with van der Waals surface area (Å²) < 4.78 is 5.81. The fraction of sp³-hybridized carbons (Fsp3) is 0.579. The van der Waals surface area contributed by atoms with Gasteiger partial charge in [-0.1, -0.05) is 29.8 Å². The molecule has 0 saturated carbocycles. The van der Waals surface area contributed by atoms with Gasteiger partial charge in [-0.2, -0.15) is 0 Å². The third kappa shape index (κ3) is 4.95. The van der Waals surface area contributed by atoms with E-state index in [-0.39, 0.29) is 17.9 Å². The Bertz CT molecular complexity index is 622. The number of nitrogens with zero attached hydrogens (tertiary/aromatic N) is 2. The van der Waals surface area contributed by atoms with Crippen LogP contribution in [0.2, 0.25) is 5.02 Å². The SMILES string of the molecule is O=C1CCCN1CCCC(=O)N1CCO[C@H](Cc2ccccc2Cl)C1. The summed E-state index contributed by atoms with van der Waals surface area (Å²) in [7, 11) is 0. The zero-order valence-corrected chi connectivity index (χ0v) is 15.2. The van der Waals surface area contributed by atoms with Gasteiger partial charge >= 0.3 is 0 Å². The van der Waals surface area contributed by atoms with E-state index in [2.05, 4.69) is 0 Å². The van der Waals surface area contributed by atoms with E-state index in [4.69, 9.17) is 16.3 Å². The number of benzene rings is 1. The van der Waals surface area contributed by atoms with Crippen molar-refractivity contribution >= 4 is 23.4 Å². The molecule has 2 heterocycles. The molecule has 1 aromatic carbocycles. The van der Waals surface area contributed by atoms with E-state index in [0.29, 0.717) is 45.5 Å². The lowest BCUT2D eigenvalue weighted by Gasteiger charge is -2.33. The molecular weight excluding hydrogens is 340 g/mol. The molecular formula is C19H25ClN2O3. The van der Waals surface area contributed by atoms with Crippen molar-refractivity contribution in [1.29, 1.82) is 0 Å². The van der Waals surface area contributed by atoms with Crippen LogP contribution in [0, 0.1) is 0 Å². The van der Waals surface area contributed by atoms with E-state index in [9.17, 15) is 9.59 Å². The number of amides is 2. The summed E-state index contributed by atoms with van der Waals surface area (Å²) >= 11 is 6.22. The Morgan fingerprint density at radius 2 is 2.12 bits per heavy atom. The predicted molar refractivity (Wildman–Crippen MR) is 96.5 cm³/mol. The quantitative estimate of drug-likeness (QED) is 0.779. The molecule has 2 saturated heterocycles. The second-order valence-corrected chi connectivity index (χ2v) is 7.12. The molecule has 0 radical (unpaired) electrons. The largest absolute Gasteiger partial charge is 0.374 e. The van der Waals surface area contributed by atoms with Gasteiger partial charge in [0, 0.05) is 50.5 Å². The number of hydrogen-bond acceptors (Lipinski definition) is 3. The highest BCUT2D eigenvalue weighted by atomic mass is 35.5. The molecule has 0 spiro atoms. The number of carbonyl (C=O) groups is 2. The number of likely N-dealkylation sites (tertiary alicyclic amines) is 1. The van der Waals surface area contributed by atoms with Crippen LogP contribution < -0.4 is 0 Å². The van der Waals surface area contributed by atoms with Crippen molar-refractivity contribution in [3.05, 3.63) is 34.9 Å². The zero-order chi connectivity index (χ0) is 17.6. The lowest BCUT2D eigenvalue weighted by molar-refractivity contribution is -0.139. The normalized spacial score (nSPS) is 21.0. The molecule has 2 aliphatic heterocycles. The molecule has 0 aliphatic carbocycles. The first kappa shape index (κ1) is 18.2. The molecule has 2 aliphatic rings. The molecule has 136 valence electrons. The van der Waals surface area contributed by atoms with Crippen LogP contribution in [0.15, 0.2) is 24.3 Å². The van der Waals surface area contributed by atoms with E-state index in [1.54, 1.807) is 0 Å². The first-order valence-electron chi connectivity index (χ1n) is 9.04. The van der Waals surface area contributed by atoms with Gasteiger partial charge in [0.25, 0.3) is 0 Å². The molecule has 5 nitrogen and oxygen atoms in total. The van der Waals surface area contributed by atoms with Gasteiger partial charge in [0.15, 0.2) is 0 Å². The molecule has 0 N–H and O–H groups in total. The van der Waals surface area contributed by atoms with Crippen LogP contribution in [0.4, 0.5) is 0 Å². The molecule has 1 atom stereocenters. The van der Waals surface area contributed by atoms with Gasteiger partial charge in [-0.3, -0.25) is 9.59 Å². The van der Waals surface area contributed by atoms with Crippen molar-refractivity contribution in [1.82, 2.24) is 9.80 Å².